The second-order valence-electron chi connectivity index (χ2n) is 11.2. The minimum Gasteiger partial charge on any atom is -0.309 e. The lowest BCUT2D eigenvalue weighted by atomic mass is 9.97. The summed E-state index contributed by atoms with van der Waals surface area (Å²) in [5.41, 5.74) is 13.2. The molecule has 0 spiro atoms. The molecule has 44 heavy (non-hydrogen) atoms. The van der Waals surface area contributed by atoms with Crippen molar-refractivity contribution in [3.05, 3.63) is 174 Å². The van der Waals surface area contributed by atoms with Gasteiger partial charge in [-0.1, -0.05) is 131 Å². The highest BCUT2D eigenvalue weighted by molar-refractivity contribution is 9.10. The van der Waals surface area contributed by atoms with Crippen LogP contribution in [0.3, 0.4) is 0 Å². The van der Waals surface area contributed by atoms with Gasteiger partial charge in [0.1, 0.15) is 0 Å². The molecule has 7 aromatic carbocycles. The lowest BCUT2D eigenvalue weighted by Gasteiger charge is -2.14. The van der Waals surface area contributed by atoms with Crippen molar-refractivity contribution in [3.8, 4) is 50.2 Å². The molecule has 8 aromatic rings. The van der Waals surface area contributed by atoms with Crippen LogP contribution in [0.1, 0.15) is 0 Å². The molecule has 2 heteroatoms. The topological polar surface area (TPSA) is 4.93 Å². The largest absolute Gasteiger partial charge is 0.309 e. The molecule has 1 nitrogen and oxygen atoms in total. The molecule has 0 bridgehead atoms. The van der Waals surface area contributed by atoms with Crippen LogP contribution in [0.15, 0.2) is 174 Å². The van der Waals surface area contributed by atoms with Gasteiger partial charge in [0.05, 0.1) is 11.0 Å². The number of benzene rings is 7. The van der Waals surface area contributed by atoms with Crippen LogP contribution in [-0.4, -0.2) is 4.57 Å². The van der Waals surface area contributed by atoms with Gasteiger partial charge in [-0.25, -0.2) is 0 Å². The fourth-order valence-electron chi connectivity index (χ4n) is 6.29. The maximum Gasteiger partial charge on any atom is 0.0541 e. The number of nitrogens with zero attached hydrogens (tertiary/aromatic N) is 1. The predicted molar refractivity (Wildman–Crippen MR) is 190 cm³/mol. The zero-order valence-electron chi connectivity index (χ0n) is 24.0. The summed E-state index contributed by atoms with van der Waals surface area (Å²) in [7, 11) is 0. The Labute approximate surface area is 265 Å². The van der Waals surface area contributed by atoms with Gasteiger partial charge in [0.15, 0.2) is 0 Å². The average Bonchev–Trinajstić information content (AvgIpc) is 3.43. The first kappa shape index (κ1) is 26.4. The molecule has 8 rings (SSSR count). The number of rotatable bonds is 5. The van der Waals surface area contributed by atoms with E-state index in [1.807, 2.05) is 0 Å². The Morgan fingerprint density at radius 2 is 0.795 bits per heavy atom. The monoisotopic (exact) mass is 625 g/mol. The van der Waals surface area contributed by atoms with Gasteiger partial charge in [0, 0.05) is 20.9 Å². The van der Waals surface area contributed by atoms with Crippen molar-refractivity contribution in [1.29, 1.82) is 0 Å². The van der Waals surface area contributed by atoms with Crippen LogP contribution in [0, 0.1) is 0 Å². The van der Waals surface area contributed by atoms with Crippen molar-refractivity contribution >= 4 is 37.7 Å². The van der Waals surface area contributed by atoms with Gasteiger partial charge < -0.3 is 4.57 Å². The standard InChI is InChI=1S/C42H28BrN/c43-37-21-18-31(19-22-37)32-14-9-15-33(24-32)34-20-23-42-40(28-34)39-16-7-8-17-41(39)44(42)38-26-35(29-10-3-1-4-11-29)25-36(27-38)30-12-5-2-6-13-30/h1-28H. The van der Waals surface area contributed by atoms with E-state index in [9.17, 15) is 0 Å². The van der Waals surface area contributed by atoms with E-state index in [2.05, 4.69) is 190 Å². The molecule has 0 aliphatic rings. The first-order valence-electron chi connectivity index (χ1n) is 14.9. The van der Waals surface area contributed by atoms with E-state index < -0.39 is 0 Å². The van der Waals surface area contributed by atoms with Crippen molar-refractivity contribution in [2.45, 2.75) is 0 Å². The lowest BCUT2D eigenvalue weighted by Crippen LogP contribution is -1.96. The minimum absolute atomic E-state index is 1.09. The summed E-state index contributed by atoms with van der Waals surface area (Å²) in [5, 5.41) is 2.50. The zero-order chi connectivity index (χ0) is 29.5. The molecule has 0 amide bonds. The molecule has 0 N–H and O–H groups in total. The van der Waals surface area contributed by atoms with Crippen LogP contribution in [0.25, 0.3) is 72.0 Å². The van der Waals surface area contributed by atoms with Crippen molar-refractivity contribution in [3.63, 3.8) is 0 Å². The van der Waals surface area contributed by atoms with E-state index in [0.717, 1.165) is 10.2 Å². The fourth-order valence-corrected chi connectivity index (χ4v) is 6.55. The second kappa shape index (κ2) is 11.1. The fraction of sp³-hybridized carbons (Fsp3) is 0. The molecule has 0 aliphatic heterocycles. The highest BCUT2D eigenvalue weighted by atomic mass is 79.9. The van der Waals surface area contributed by atoms with Crippen LogP contribution in [0.4, 0.5) is 0 Å². The smallest absolute Gasteiger partial charge is 0.0541 e. The quantitative estimate of drug-likeness (QED) is 0.179. The van der Waals surface area contributed by atoms with Crippen molar-refractivity contribution < 1.29 is 0 Å². The molecule has 208 valence electrons. The molecular formula is C42H28BrN. The summed E-state index contributed by atoms with van der Waals surface area (Å²) in [6.07, 6.45) is 0. The van der Waals surface area contributed by atoms with Gasteiger partial charge in [0.25, 0.3) is 0 Å². The van der Waals surface area contributed by atoms with Gasteiger partial charge in [-0.15, -0.1) is 0 Å². The maximum absolute atomic E-state index is 3.56. The van der Waals surface area contributed by atoms with Crippen LogP contribution in [0.2, 0.25) is 0 Å². The summed E-state index contributed by atoms with van der Waals surface area (Å²) >= 11 is 3.56. The normalized spacial score (nSPS) is 11.3. The number of hydrogen-bond acceptors (Lipinski definition) is 0. The maximum atomic E-state index is 3.56. The number of halogens is 1. The van der Waals surface area contributed by atoms with E-state index in [1.54, 1.807) is 0 Å². The highest BCUT2D eigenvalue weighted by Crippen LogP contribution is 2.38. The van der Waals surface area contributed by atoms with Crippen LogP contribution < -0.4 is 0 Å². The van der Waals surface area contributed by atoms with Crippen LogP contribution in [0.5, 0.6) is 0 Å². The van der Waals surface area contributed by atoms with Gasteiger partial charge in [-0.05, 0) is 99.1 Å². The summed E-state index contributed by atoms with van der Waals surface area (Å²) in [6, 6.07) is 61.3. The van der Waals surface area contributed by atoms with Gasteiger partial charge in [-0.2, -0.15) is 0 Å². The summed E-state index contributed by atoms with van der Waals surface area (Å²) < 4.78 is 3.51. The van der Waals surface area contributed by atoms with Gasteiger partial charge in [-0.3, -0.25) is 0 Å². The SMILES string of the molecule is Brc1ccc(-c2cccc(-c3ccc4c(c3)c3ccccc3n4-c3cc(-c4ccccc4)cc(-c4ccccc4)c3)c2)cc1. The van der Waals surface area contributed by atoms with E-state index >= 15 is 0 Å². The molecule has 0 fully saturated rings. The van der Waals surface area contributed by atoms with Crippen LogP contribution >= 0.6 is 15.9 Å². The number of fused-ring (bicyclic) bond motifs is 3. The summed E-state index contributed by atoms with van der Waals surface area (Å²) in [4.78, 5) is 0. The Bertz CT molecular complexity index is 2200. The first-order chi connectivity index (χ1) is 21.7. The Kier molecular flexibility index (Phi) is 6.70. The Balaban J connectivity index is 1.32. The molecule has 0 radical (unpaired) electrons. The number of para-hydroxylation sites is 1. The third kappa shape index (κ3) is 4.84. The Morgan fingerprint density at radius 3 is 1.48 bits per heavy atom. The summed E-state index contributed by atoms with van der Waals surface area (Å²) in [5.74, 6) is 0. The lowest BCUT2D eigenvalue weighted by molar-refractivity contribution is 1.18. The zero-order valence-corrected chi connectivity index (χ0v) is 25.6. The molecule has 1 heterocycles. The molecule has 0 saturated heterocycles. The third-order valence-corrected chi connectivity index (χ3v) is 8.96. The molecule has 0 saturated carbocycles. The van der Waals surface area contributed by atoms with Crippen molar-refractivity contribution in [2.75, 3.05) is 0 Å². The highest BCUT2D eigenvalue weighted by Gasteiger charge is 2.15. The van der Waals surface area contributed by atoms with Crippen LogP contribution in [-0.2, 0) is 0 Å². The van der Waals surface area contributed by atoms with Crippen molar-refractivity contribution in [2.24, 2.45) is 0 Å². The summed E-state index contributed by atoms with van der Waals surface area (Å²) in [6.45, 7) is 0. The molecule has 1 aromatic heterocycles. The molecular weight excluding hydrogens is 598 g/mol. The Hall–Kier alpha value is -5.18. The predicted octanol–water partition coefficient (Wildman–Crippen LogP) is 12.2. The molecule has 0 unspecified atom stereocenters. The number of aromatic nitrogens is 1. The average molecular weight is 627 g/mol. The third-order valence-electron chi connectivity index (χ3n) is 8.44. The minimum atomic E-state index is 1.09. The van der Waals surface area contributed by atoms with E-state index in [4.69, 9.17) is 0 Å². The van der Waals surface area contributed by atoms with E-state index in [0.29, 0.717) is 0 Å². The van der Waals surface area contributed by atoms with Crippen molar-refractivity contribution in [1.82, 2.24) is 4.57 Å². The van der Waals surface area contributed by atoms with Gasteiger partial charge in [0.2, 0.25) is 0 Å². The first-order valence-corrected chi connectivity index (χ1v) is 15.7. The van der Waals surface area contributed by atoms with Gasteiger partial charge >= 0.3 is 0 Å². The second-order valence-corrected chi connectivity index (χ2v) is 12.1. The Morgan fingerprint density at radius 1 is 0.318 bits per heavy atom. The number of hydrogen-bond donors (Lipinski definition) is 0. The van der Waals surface area contributed by atoms with E-state index in [1.165, 1.54) is 66.3 Å². The molecule has 0 atom stereocenters. The molecule has 0 aliphatic carbocycles. The van der Waals surface area contributed by atoms with E-state index in [-0.39, 0.29) is 0 Å².